The summed E-state index contributed by atoms with van der Waals surface area (Å²) in [6.07, 6.45) is 0. The first kappa shape index (κ1) is 14.3. The molecule has 0 radical (unpaired) electrons. The lowest BCUT2D eigenvalue weighted by Gasteiger charge is -2.18. The predicted molar refractivity (Wildman–Crippen MR) is 84.9 cm³/mol. The maximum Gasteiger partial charge on any atom is 0.343 e. The molecule has 1 aliphatic heterocycles. The fourth-order valence-electron chi connectivity index (χ4n) is 2.50. The van der Waals surface area contributed by atoms with Crippen LogP contribution in [0.1, 0.15) is 10.4 Å². The Morgan fingerprint density at radius 1 is 0.958 bits per heavy atom. The van der Waals surface area contributed by atoms with E-state index >= 15 is 0 Å². The average molecular weight is 324 g/mol. The van der Waals surface area contributed by atoms with Gasteiger partial charge in [0.05, 0.1) is 17.0 Å². The first-order valence-corrected chi connectivity index (χ1v) is 7.35. The van der Waals surface area contributed by atoms with Crippen LogP contribution in [0.5, 0.6) is 17.2 Å². The Kier molecular flexibility index (Phi) is 3.42. The number of hydrogen-bond acceptors (Lipinski definition) is 6. The van der Waals surface area contributed by atoms with E-state index in [1.54, 1.807) is 42.5 Å². The first-order valence-electron chi connectivity index (χ1n) is 7.35. The lowest BCUT2D eigenvalue weighted by Crippen LogP contribution is -2.16. The van der Waals surface area contributed by atoms with Crippen LogP contribution in [-0.4, -0.2) is 19.2 Å². The van der Waals surface area contributed by atoms with Gasteiger partial charge >= 0.3 is 11.6 Å². The van der Waals surface area contributed by atoms with E-state index in [4.69, 9.17) is 18.6 Å². The van der Waals surface area contributed by atoms with Crippen molar-refractivity contribution >= 4 is 16.9 Å². The van der Waals surface area contributed by atoms with E-state index in [1.807, 2.05) is 0 Å². The van der Waals surface area contributed by atoms with Crippen LogP contribution in [0.3, 0.4) is 0 Å². The third-order valence-electron chi connectivity index (χ3n) is 3.59. The van der Waals surface area contributed by atoms with Crippen molar-refractivity contribution in [1.29, 1.82) is 0 Å². The van der Waals surface area contributed by atoms with Crippen LogP contribution in [0.15, 0.2) is 57.7 Å². The summed E-state index contributed by atoms with van der Waals surface area (Å²) in [5.41, 5.74) is 0.0743. The third kappa shape index (κ3) is 2.58. The minimum Gasteiger partial charge on any atom is -0.486 e. The van der Waals surface area contributed by atoms with Crippen LogP contribution in [0.25, 0.3) is 11.0 Å². The molecule has 0 unspecified atom stereocenters. The first-order chi connectivity index (χ1) is 11.7. The zero-order valence-corrected chi connectivity index (χ0v) is 12.5. The summed E-state index contributed by atoms with van der Waals surface area (Å²) in [4.78, 5) is 24.0. The highest BCUT2D eigenvalue weighted by Crippen LogP contribution is 2.31. The van der Waals surface area contributed by atoms with Gasteiger partial charge in [-0.15, -0.1) is 0 Å². The monoisotopic (exact) mass is 324 g/mol. The van der Waals surface area contributed by atoms with Gasteiger partial charge in [0, 0.05) is 0 Å². The van der Waals surface area contributed by atoms with Gasteiger partial charge in [-0.05, 0) is 30.3 Å². The standard InChI is InChI=1S/C18H12O6/c19-17-10-15(12-3-1-2-4-13(12)23-17)24-18(20)11-5-6-14-16(9-11)22-8-7-21-14/h1-6,9-10H,7-8H2. The highest BCUT2D eigenvalue weighted by Gasteiger charge is 2.17. The Morgan fingerprint density at radius 2 is 1.75 bits per heavy atom. The molecule has 2 heterocycles. The van der Waals surface area contributed by atoms with Gasteiger partial charge < -0.3 is 18.6 Å². The summed E-state index contributed by atoms with van der Waals surface area (Å²) in [5.74, 6) is 0.640. The van der Waals surface area contributed by atoms with Gasteiger partial charge in [0.15, 0.2) is 11.5 Å². The summed E-state index contributed by atoms with van der Waals surface area (Å²) < 4.78 is 21.3. The number of carbonyl (C=O) groups is 1. The molecule has 0 bridgehead atoms. The smallest absolute Gasteiger partial charge is 0.343 e. The molecule has 2 aromatic carbocycles. The Bertz CT molecular complexity index is 988. The lowest BCUT2D eigenvalue weighted by atomic mass is 10.2. The molecule has 0 spiro atoms. The van der Waals surface area contributed by atoms with Crippen molar-refractivity contribution in [3.63, 3.8) is 0 Å². The topological polar surface area (TPSA) is 75.0 Å². The SMILES string of the molecule is O=C(Oc1cc(=O)oc2ccccc12)c1ccc2c(c1)OCCO2. The Morgan fingerprint density at radius 3 is 2.62 bits per heavy atom. The van der Waals surface area contributed by atoms with Crippen LogP contribution < -0.4 is 19.8 Å². The maximum absolute atomic E-state index is 12.4. The quantitative estimate of drug-likeness (QED) is 0.533. The van der Waals surface area contributed by atoms with E-state index in [1.165, 1.54) is 0 Å². The van der Waals surface area contributed by atoms with E-state index in [2.05, 4.69) is 0 Å². The number of rotatable bonds is 2. The molecule has 0 saturated heterocycles. The minimum absolute atomic E-state index is 0.154. The fourth-order valence-corrected chi connectivity index (χ4v) is 2.50. The third-order valence-corrected chi connectivity index (χ3v) is 3.59. The Balaban J connectivity index is 1.68. The van der Waals surface area contributed by atoms with Crippen molar-refractivity contribution in [1.82, 2.24) is 0 Å². The number of fused-ring (bicyclic) bond motifs is 2. The molecule has 0 amide bonds. The predicted octanol–water partition coefficient (Wildman–Crippen LogP) is 2.78. The second-order valence-corrected chi connectivity index (χ2v) is 5.17. The second-order valence-electron chi connectivity index (χ2n) is 5.17. The van der Waals surface area contributed by atoms with E-state index in [-0.39, 0.29) is 5.75 Å². The Hall–Kier alpha value is -3.28. The van der Waals surface area contributed by atoms with Crippen LogP contribution in [0, 0.1) is 0 Å². The van der Waals surface area contributed by atoms with Crippen molar-refractivity contribution in [2.24, 2.45) is 0 Å². The zero-order valence-electron chi connectivity index (χ0n) is 12.5. The van der Waals surface area contributed by atoms with Crippen molar-refractivity contribution in [2.75, 3.05) is 13.2 Å². The van der Waals surface area contributed by atoms with Crippen molar-refractivity contribution in [3.05, 3.63) is 64.5 Å². The molecule has 1 aliphatic rings. The number of hydrogen-bond donors (Lipinski definition) is 0. The summed E-state index contributed by atoms with van der Waals surface area (Å²) in [7, 11) is 0. The largest absolute Gasteiger partial charge is 0.486 e. The normalized spacial score (nSPS) is 12.8. The molecule has 0 aliphatic carbocycles. The summed E-state index contributed by atoms with van der Waals surface area (Å²) in [6, 6.07) is 12.8. The molecule has 120 valence electrons. The van der Waals surface area contributed by atoms with Crippen LogP contribution >= 0.6 is 0 Å². The van der Waals surface area contributed by atoms with Gasteiger partial charge in [-0.1, -0.05) is 12.1 Å². The van der Waals surface area contributed by atoms with Gasteiger partial charge in [-0.25, -0.2) is 9.59 Å². The molecule has 1 aromatic heterocycles. The molecule has 0 N–H and O–H groups in total. The van der Waals surface area contributed by atoms with Gasteiger partial charge in [0.25, 0.3) is 0 Å². The number of esters is 1. The molecule has 24 heavy (non-hydrogen) atoms. The lowest BCUT2D eigenvalue weighted by molar-refractivity contribution is 0.0735. The van der Waals surface area contributed by atoms with E-state index < -0.39 is 11.6 Å². The number of benzene rings is 2. The highest BCUT2D eigenvalue weighted by atomic mass is 16.6. The van der Waals surface area contributed by atoms with Crippen molar-refractivity contribution in [3.8, 4) is 17.2 Å². The van der Waals surface area contributed by atoms with Crippen LogP contribution in [0.4, 0.5) is 0 Å². The minimum atomic E-state index is -0.595. The average Bonchev–Trinajstić information content (AvgIpc) is 2.61. The summed E-state index contributed by atoms with van der Waals surface area (Å²) >= 11 is 0. The summed E-state index contributed by atoms with van der Waals surface area (Å²) in [5, 5.41) is 0.544. The van der Waals surface area contributed by atoms with E-state index in [9.17, 15) is 9.59 Å². The van der Waals surface area contributed by atoms with Crippen molar-refractivity contribution in [2.45, 2.75) is 0 Å². The van der Waals surface area contributed by atoms with E-state index in [0.717, 1.165) is 6.07 Å². The molecule has 6 heteroatoms. The molecule has 3 aromatic rings. The maximum atomic E-state index is 12.4. The number of ether oxygens (including phenoxy) is 3. The van der Waals surface area contributed by atoms with Gasteiger partial charge in [0.2, 0.25) is 0 Å². The molecule has 0 fully saturated rings. The van der Waals surface area contributed by atoms with Crippen molar-refractivity contribution < 1.29 is 23.4 Å². The van der Waals surface area contributed by atoms with Crippen LogP contribution in [0.2, 0.25) is 0 Å². The molecule has 0 saturated carbocycles. The Labute approximate surface area is 136 Å². The molecular formula is C18H12O6. The molecule has 6 nitrogen and oxygen atoms in total. The zero-order chi connectivity index (χ0) is 16.5. The number of carbonyl (C=O) groups excluding carboxylic acids is 1. The second kappa shape index (κ2) is 5.73. The van der Waals surface area contributed by atoms with E-state index in [0.29, 0.717) is 41.2 Å². The number of para-hydroxylation sites is 1. The van der Waals surface area contributed by atoms with Gasteiger partial charge in [-0.2, -0.15) is 0 Å². The fraction of sp³-hybridized carbons (Fsp3) is 0.111. The van der Waals surface area contributed by atoms with Gasteiger partial charge in [0.1, 0.15) is 24.5 Å². The molecule has 4 rings (SSSR count). The molecular weight excluding hydrogens is 312 g/mol. The summed E-state index contributed by atoms with van der Waals surface area (Å²) in [6.45, 7) is 0.901. The molecule has 0 atom stereocenters. The highest BCUT2D eigenvalue weighted by molar-refractivity contribution is 5.94. The van der Waals surface area contributed by atoms with Gasteiger partial charge in [-0.3, -0.25) is 0 Å². The van der Waals surface area contributed by atoms with Crippen LogP contribution in [-0.2, 0) is 0 Å².